The highest BCUT2D eigenvalue weighted by Crippen LogP contribution is 2.22. The molecule has 1 unspecified atom stereocenters. The lowest BCUT2D eigenvalue weighted by Crippen LogP contribution is -2.30. The highest BCUT2D eigenvalue weighted by atomic mass is 19.1. The molecular formula is C13H14F2N2O3. The zero-order valence-corrected chi connectivity index (χ0v) is 10.8. The van der Waals surface area contributed by atoms with E-state index in [1.807, 2.05) is 0 Å². The van der Waals surface area contributed by atoms with Crippen LogP contribution in [0, 0.1) is 23.0 Å². The number of aliphatic carboxylic acids is 1. The number of methoxy groups -OCH3 is 1. The van der Waals surface area contributed by atoms with Gasteiger partial charge in [0.05, 0.1) is 11.6 Å². The van der Waals surface area contributed by atoms with E-state index in [2.05, 4.69) is 5.32 Å². The lowest BCUT2D eigenvalue weighted by Gasteiger charge is -2.16. The number of hydrogen-bond acceptors (Lipinski definition) is 4. The second-order valence-corrected chi connectivity index (χ2v) is 4.10. The molecule has 7 heteroatoms. The summed E-state index contributed by atoms with van der Waals surface area (Å²) in [5, 5.41) is 19.9. The quantitative estimate of drug-likeness (QED) is 0.749. The number of rotatable bonds is 7. The van der Waals surface area contributed by atoms with Gasteiger partial charge in [-0.15, -0.1) is 0 Å². The largest absolute Gasteiger partial charge is 0.480 e. The van der Waals surface area contributed by atoms with E-state index in [0.717, 1.165) is 12.1 Å². The number of anilines is 1. The van der Waals surface area contributed by atoms with Crippen LogP contribution in [0.2, 0.25) is 0 Å². The van der Waals surface area contributed by atoms with Gasteiger partial charge in [0, 0.05) is 13.7 Å². The number of carbonyl (C=O) groups is 1. The number of nitrogens with one attached hydrogen (secondary N) is 1. The minimum Gasteiger partial charge on any atom is -0.480 e. The summed E-state index contributed by atoms with van der Waals surface area (Å²) >= 11 is 0. The summed E-state index contributed by atoms with van der Waals surface area (Å²) in [5.74, 6) is -3.22. The first-order chi connectivity index (χ1) is 9.49. The van der Waals surface area contributed by atoms with Gasteiger partial charge >= 0.3 is 5.97 Å². The average Bonchev–Trinajstić information content (AvgIpc) is 2.40. The SMILES string of the molecule is COCCCC(Nc1c(F)cc(C#N)cc1F)C(=O)O. The number of nitrogens with zero attached hydrogens (tertiary/aromatic N) is 1. The number of benzene rings is 1. The van der Waals surface area contributed by atoms with Gasteiger partial charge in [-0.05, 0) is 25.0 Å². The van der Waals surface area contributed by atoms with Gasteiger partial charge in [-0.2, -0.15) is 5.26 Å². The van der Waals surface area contributed by atoms with Crippen molar-refractivity contribution >= 4 is 11.7 Å². The molecule has 108 valence electrons. The third-order valence-electron chi connectivity index (χ3n) is 2.63. The van der Waals surface area contributed by atoms with Crippen LogP contribution in [0.4, 0.5) is 14.5 Å². The van der Waals surface area contributed by atoms with Crippen LogP contribution >= 0.6 is 0 Å². The van der Waals surface area contributed by atoms with Gasteiger partial charge in [0.15, 0.2) is 11.6 Å². The summed E-state index contributed by atoms with van der Waals surface area (Å²) in [6.45, 7) is 0.351. The number of nitriles is 1. The van der Waals surface area contributed by atoms with Crippen LogP contribution in [0.15, 0.2) is 12.1 Å². The molecule has 0 amide bonds. The summed E-state index contributed by atoms with van der Waals surface area (Å²) in [7, 11) is 1.48. The highest BCUT2D eigenvalue weighted by Gasteiger charge is 2.21. The molecule has 0 aliphatic heterocycles. The lowest BCUT2D eigenvalue weighted by molar-refractivity contribution is -0.138. The highest BCUT2D eigenvalue weighted by molar-refractivity contribution is 5.77. The Kier molecular flexibility index (Phi) is 5.87. The van der Waals surface area contributed by atoms with Gasteiger partial charge in [-0.25, -0.2) is 13.6 Å². The van der Waals surface area contributed by atoms with Gasteiger partial charge in [-0.1, -0.05) is 0 Å². The molecule has 0 heterocycles. The van der Waals surface area contributed by atoms with Crippen molar-refractivity contribution in [1.29, 1.82) is 5.26 Å². The molecule has 0 aliphatic rings. The van der Waals surface area contributed by atoms with Crippen molar-refractivity contribution < 1.29 is 23.4 Å². The van der Waals surface area contributed by atoms with Crippen LogP contribution in [0.3, 0.4) is 0 Å². The van der Waals surface area contributed by atoms with Crippen LogP contribution in [0.5, 0.6) is 0 Å². The molecular weight excluding hydrogens is 270 g/mol. The number of carboxylic acid groups (broad SMARTS) is 1. The molecule has 1 rings (SSSR count). The molecule has 0 fully saturated rings. The maximum Gasteiger partial charge on any atom is 0.326 e. The Morgan fingerprint density at radius 3 is 2.55 bits per heavy atom. The van der Waals surface area contributed by atoms with E-state index in [4.69, 9.17) is 15.1 Å². The topological polar surface area (TPSA) is 82.3 Å². The van der Waals surface area contributed by atoms with Crippen molar-refractivity contribution in [3.63, 3.8) is 0 Å². The Balaban J connectivity index is 2.89. The average molecular weight is 284 g/mol. The fourth-order valence-electron chi connectivity index (χ4n) is 1.64. The minimum atomic E-state index is -1.22. The first-order valence-corrected chi connectivity index (χ1v) is 5.87. The fraction of sp³-hybridized carbons (Fsp3) is 0.385. The van der Waals surface area contributed by atoms with E-state index in [-0.39, 0.29) is 12.0 Å². The van der Waals surface area contributed by atoms with E-state index in [9.17, 15) is 13.6 Å². The second kappa shape index (κ2) is 7.40. The summed E-state index contributed by atoms with van der Waals surface area (Å²) in [6, 6.07) is 2.17. The van der Waals surface area contributed by atoms with Crippen molar-refractivity contribution in [2.75, 3.05) is 19.0 Å². The first-order valence-electron chi connectivity index (χ1n) is 5.87. The Hall–Kier alpha value is -2.20. The zero-order chi connectivity index (χ0) is 15.1. The predicted molar refractivity (Wildman–Crippen MR) is 67.2 cm³/mol. The number of hydrogen-bond donors (Lipinski definition) is 2. The van der Waals surface area contributed by atoms with E-state index >= 15 is 0 Å². The lowest BCUT2D eigenvalue weighted by atomic mass is 10.1. The first kappa shape index (κ1) is 15.9. The summed E-state index contributed by atoms with van der Waals surface area (Å²) in [5.41, 5.74) is -0.717. The van der Waals surface area contributed by atoms with E-state index in [0.29, 0.717) is 13.0 Å². The van der Waals surface area contributed by atoms with Crippen molar-refractivity contribution in [2.45, 2.75) is 18.9 Å². The molecule has 0 radical (unpaired) electrons. The van der Waals surface area contributed by atoms with Crippen LogP contribution in [-0.2, 0) is 9.53 Å². The Labute approximate surface area is 114 Å². The third-order valence-corrected chi connectivity index (χ3v) is 2.63. The van der Waals surface area contributed by atoms with E-state index in [1.54, 1.807) is 6.07 Å². The summed E-state index contributed by atoms with van der Waals surface area (Å²) < 4.78 is 32.1. The normalized spacial score (nSPS) is 11.7. The van der Waals surface area contributed by atoms with E-state index in [1.165, 1.54) is 7.11 Å². The molecule has 2 N–H and O–H groups in total. The molecule has 0 saturated heterocycles. The molecule has 0 spiro atoms. The molecule has 1 atom stereocenters. The maximum atomic E-state index is 13.6. The third kappa shape index (κ3) is 4.17. The molecule has 5 nitrogen and oxygen atoms in total. The predicted octanol–water partition coefficient (Wildman–Crippen LogP) is 2.13. The smallest absolute Gasteiger partial charge is 0.326 e. The zero-order valence-electron chi connectivity index (χ0n) is 10.8. The molecule has 0 saturated carbocycles. The van der Waals surface area contributed by atoms with Crippen molar-refractivity contribution in [3.8, 4) is 6.07 Å². The monoisotopic (exact) mass is 284 g/mol. The van der Waals surface area contributed by atoms with Crippen molar-refractivity contribution in [1.82, 2.24) is 0 Å². The van der Waals surface area contributed by atoms with Gasteiger partial charge in [-0.3, -0.25) is 0 Å². The summed E-state index contributed by atoms with van der Waals surface area (Å²) in [6.07, 6.45) is 0.585. The van der Waals surface area contributed by atoms with Gasteiger partial charge in [0.25, 0.3) is 0 Å². The minimum absolute atomic E-state index is 0.155. The number of carboxylic acids is 1. The van der Waals surface area contributed by atoms with Crippen LogP contribution in [0.1, 0.15) is 18.4 Å². The Bertz CT molecular complexity index is 506. The molecule has 20 heavy (non-hydrogen) atoms. The van der Waals surface area contributed by atoms with Crippen LogP contribution in [-0.4, -0.2) is 30.8 Å². The molecule has 1 aromatic carbocycles. The summed E-state index contributed by atoms with van der Waals surface area (Å²) in [4.78, 5) is 11.0. The van der Waals surface area contributed by atoms with E-state index < -0.39 is 29.3 Å². The standard InChI is InChI=1S/C13H14F2N2O3/c1-20-4-2-3-11(13(18)19)17-12-9(14)5-8(7-16)6-10(12)15/h5-6,11,17H,2-4H2,1H3,(H,18,19). The maximum absolute atomic E-state index is 13.6. The Morgan fingerprint density at radius 1 is 1.50 bits per heavy atom. The number of halogens is 2. The van der Waals surface area contributed by atoms with Crippen LogP contribution < -0.4 is 5.32 Å². The molecule has 0 aliphatic carbocycles. The fourth-order valence-corrected chi connectivity index (χ4v) is 1.64. The molecule has 1 aromatic rings. The van der Waals surface area contributed by atoms with Gasteiger partial charge in [0.1, 0.15) is 11.7 Å². The Morgan fingerprint density at radius 2 is 2.10 bits per heavy atom. The van der Waals surface area contributed by atoms with Crippen molar-refractivity contribution in [3.05, 3.63) is 29.3 Å². The second-order valence-electron chi connectivity index (χ2n) is 4.10. The van der Waals surface area contributed by atoms with Gasteiger partial charge < -0.3 is 15.2 Å². The van der Waals surface area contributed by atoms with Crippen LogP contribution in [0.25, 0.3) is 0 Å². The number of ether oxygens (including phenoxy) is 1. The molecule has 0 aromatic heterocycles. The van der Waals surface area contributed by atoms with Crippen molar-refractivity contribution in [2.24, 2.45) is 0 Å². The molecule has 0 bridgehead atoms. The van der Waals surface area contributed by atoms with Gasteiger partial charge in [0.2, 0.25) is 0 Å².